The zero-order chi connectivity index (χ0) is 12.1. The highest BCUT2D eigenvalue weighted by Crippen LogP contribution is 2.07. The Morgan fingerprint density at radius 3 is 2.47 bits per heavy atom. The van der Waals surface area contributed by atoms with Crippen molar-refractivity contribution in [3.8, 4) is 0 Å². The van der Waals surface area contributed by atoms with E-state index in [1.807, 2.05) is 10.9 Å². The fourth-order valence-electron chi connectivity index (χ4n) is 1.86. The van der Waals surface area contributed by atoms with E-state index in [-0.39, 0.29) is 0 Å². The summed E-state index contributed by atoms with van der Waals surface area (Å²) in [5, 5.41) is 4.33. The summed E-state index contributed by atoms with van der Waals surface area (Å²) in [5.74, 6) is 0. The molecular weight excluding hydrogens is 210 g/mol. The molecule has 2 rings (SSSR count). The fraction of sp³-hybridized carbons (Fsp3) is 0.357. The molecule has 2 N–H and O–H groups in total. The molecule has 1 aromatic heterocycles. The lowest BCUT2D eigenvalue weighted by Gasteiger charge is -2.03. The maximum Gasteiger partial charge on any atom is 0.0659 e. The number of nitrogens with two attached hydrogens (primary N) is 1. The lowest BCUT2D eigenvalue weighted by atomic mass is 10.1. The van der Waals surface area contributed by atoms with Crippen LogP contribution >= 0.6 is 0 Å². The van der Waals surface area contributed by atoms with Gasteiger partial charge in [0.15, 0.2) is 0 Å². The Bertz CT molecular complexity index is 457. The molecule has 0 aliphatic rings. The molecule has 3 nitrogen and oxygen atoms in total. The van der Waals surface area contributed by atoms with Crippen LogP contribution < -0.4 is 5.73 Å². The second-order valence-electron chi connectivity index (χ2n) is 4.25. The van der Waals surface area contributed by atoms with E-state index in [2.05, 4.69) is 42.5 Å². The summed E-state index contributed by atoms with van der Waals surface area (Å²) in [6.45, 7) is 3.67. The summed E-state index contributed by atoms with van der Waals surface area (Å²) in [4.78, 5) is 0. The predicted octanol–water partition coefficient (Wildman–Crippen LogP) is 1.99. The Labute approximate surface area is 102 Å². The van der Waals surface area contributed by atoms with Gasteiger partial charge < -0.3 is 5.73 Å². The number of rotatable bonds is 5. The van der Waals surface area contributed by atoms with E-state index in [4.69, 9.17) is 5.73 Å². The van der Waals surface area contributed by atoms with Gasteiger partial charge in [-0.05, 0) is 36.1 Å². The Morgan fingerprint density at radius 1 is 1.12 bits per heavy atom. The highest BCUT2D eigenvalue weighted by atomic mass is 15.3. The van der Waals surface area contributed by atoms with Crippen LogP contribution in [-0.4, -0.2) is 16.3 Å². The van der Waals surface area contributed by atoms with Crippen LogP contribution in [0.5, 0.6) is 0 Å². The van der Waals surface area contributed by atoms with Crippen molar-refractivity contribution in [3.63, 3.8) is 0 Å². The first-order valence-corrected chi connectivity index (χ1v) is 6.11. The molecule has 3 heteroatoms. The molecular formula is C14H19N3. The molecule has 0 aliphatic carbocycles. The molecule has 0 saturated heterocycles. The van der Waals surface area contributed by atoms with E-state index < -0.39 is 0 Å². The topological polar surface area (TPSA) is 43.8 Å². The minimum atomic E-state index is 0.677. The van der Waals surface area contributed by atoms with E-state index in [1.165, 1.54) is 16.7 Å². The monoisotopic (exact) mass is 229 g/mol. The van der Waals surface area contributed by atoms with Gasteiger partial charge in [-0.15, -0.1) is 0 Å². The summed E-state index contributed by atoms with van der Waals surface area (Å²) in [6, 6.07) is 8.70. The van der Waals surface area contributed by atoms with Crippen molar-refractivity contribution in [1.29, 1.82) is 0 Å². The third-order valence-corrected chi connectivity index (χ3v) is 2.90. The summed E-state index contributed by atoms with van der Waals surface area (Å²) >= 11 is 0. The number of benzene rings is 1. The number of hydrogen-bond acceptors (Lipinski definition) is 2. The maximum absolute atomic E-state index is 5.52. The molecule has 0 aliphatic heterocycles. The van der Waals surface area contributed by atoms with Crippen molar-refractivity contribution in [2.45, 2.75) is 26.3 Å². The van der Waals surface area contributed by atoms with Crippen LogP contribution in [0.2, 0.25) is 0 Å². The fourth-order valence-corrected chi connectivity index (χ4v) is 1.86. The van der Waals surface area contributed by atoms with Crippen LogP contribution in [0.15, 0.2) is 36.7 Å². The smallest absolute Gasteiger partial charge is 0.0659 e. The zero-order valence-corrected chi connectivity index (χ0v) is 10.3. The molecule has 1 aromatic carbocycles. The van der Waals surface area contributed by atoms with Crippen LogP contribution in [-0.2, 0) is 19.4 Å². The van der Waals surface area contributed by atoms with Crippen LogP contribution in [0.4, 0.5) is 0 Å². The highest BCUT2D eigenvalue weighted by molar-refractivity contribution is 5.22. The largest absolute Gasteiger partial charge is 0.330 e. The molecule has 0 radical (unpaired) electrons. The summed E-state index contributed by atoms with van der Waals surface area (Å²) in [7, 11) is 0. The maximum atomic E-state index is 5.52. The first-order chi connectivity index (χ1) is 8.31. The molecule has 0 bridgehead atoms. The van der Waals surface area contributed by atoms with E-state index in [1.54, 1.807) is 0 Å². The van der Waals surface area contributed by atoms with Crippen molar-refractivity contribution < 1.29 is 0 Å². The van der Waals surface area contributed by atoms with Crippen molar-refractivity contribution in [2.24, 2.45) is 5.73 Å². The van der Waals surface area contributed by atoms with Gasteiger partial charge in [-0.2, -0.15) is 5.10 Å². The van der Waals surface area contributed by atoms with Crippen LogP contribution in [0.1, 0.15) is 23.6 Å². The van der Waals surface area contributed by atoms with Gasteiger partial charge in [-0.1, -0.05) is 31.2 Å². The standard InChI is InChI=1S/C14H19N3/c1-2-12-3-5-13(6-4-12)10-17-11-14(7-8-15)9-16-17/h3-6,9,11H,2,7-8,10,15H2,1H3. The molecule has 1 heterocycles. The van der Waals surface area contributed by atoms with Gasteiger partial charge in [0.25, 0.3) is 0 Å². The lowest BCUT2D eigenvalue weighted by Crippen LogP contribution is -2.02. The Morgan fingerprint density at radius 2 is 1.82 bits per heavy atom. The van der Waals surface area contributed by atoms with Crippen LogP contribution in [0.25, 0.3) is 0 Å². The predicted molar refractivity (Wildman–Crippen MR) is 69.9 cm³/mol. The average Bonchev–Trinajstić information content (AvgIpc) is 2.78. The average molecular weight is 229 g/mol. The van der Waals surface area contributed by atoms with Gasteiger partial charge in [-0.3, -0.25) is 4.68 Å². The Hall–Kier alpha value is -1.61. The quantitative estimate of drug-likeness (QED) is 0.852. The first-order valence-electron chi connectivity index (χ1n) is 6.11. The van der Waals surface area contributed by atoms with Gasteiger partial charge in [-0.25, -0.2) is 0 Å². The van der Waals surface area contributed by atoms with Gasteiger partial charge in [0, 0.05) is 6.20 Å². The molecule has 0 atom stereocenters. The minimum absolute atomic E-state index is 0.677. The van der Waals surface area contributed by atoms with Crippen LogP contribution in [0, 0.1) is 0 Å². The first kappa shape index (κ1) is 11.9. The highest BCUT2D eigenvalue weighted by Gasteiger charge is 1.99. The molecule has 0 amide bonds. The number of nitrogens with zero attached hydrogens (tertiary/aromatic N) is 2. The van der Waals surface area contributed by atoms with Crippen LogP contribution in [0.3, 0.4) is 0 Å². The van der Waals surface area contributed by atoms with Gasteiger partial charge in [0.1, 0.15) is 0 Å². The second kappa shape index (κ2) is 5.64. The normalized spacial score (nSPS) is 10.7. The number of hydrogen-bond donors (Lipinski definition) is 1. The molecule has 0 saturated carbocycles. The van der Waals surface area contributed by atoms with Gasteiger partial charge in [0.05, 0.1) is 12.7 Å². The lowest BCUT2D eigenvalue weighted by molar-refractivity contribution is 0.686. The van der Waals surface area contributed by atoms with Gasteiger partial charge in [0.2, 0.25) is 0 Å². The third-order valence-electron chi connectivity index (χ3n) is 2.90. The van der Waals surface area contributed by atoms with E-state index >= 15 is 0 Å². The molecule has 90 valence electrons. The molecule has 0 spiro atoms. The summed E-state index contributed by atoms with van der Waals surface area (Å²) in [6.07, 6.45) is 5.95. The summed E-state index contributed by atoms with van der Waals surface area (Å²) < 4.78 is 1.96. The van der Waals surface area contributed by atoms with Crippen molar-refractivity contribution in [3.05, 3.63) is 53.3 Å². The SMILES string of the molecule is CCc1ccc(Cn2cc(CCN)cn2)cc1. The van der Waals surface area contributed by atoms with Crippen molar-refractivity contribution in [1.82, 2.24) is 9.78 Å². The second-order valence-corrected chi connectivity index (χ2v) is 4.25. The molecule has 17 heavy (non-hydrogen) atoms. The van der Waals surface area contributed by atoms with E-state index in [0.29, 0.717) is 6.54 Å². The minimum Gasteiger partial charge on any atom is -0.330 e. The Kier molecular flexibility index (Phi) is 3.94. The molecule has 0 unspecified atom stereocenters. The van der Waals surface area contributed by atoms with Crippen molar-refractivity contribution >= 4 is 0 Å². The van der Waals surface area contributed by atoms with Crippen molar-refractivity contribution in [2.75, 3.05) is 6.54 Å². The number of aromatic nitrogens is 2. The van der Waals surface area contributed by atoms with Gasteiger partial charge >= 0.3 is 0 Å². The molecule has 2 aromatic rings. The number of aryl methyl sites for hydroxylation is 1. The third kappa shape index (κ3) is 3.17. The van der Waals surface area contributed by atoms with E-state index in [9.17, 15) is 0 Å². The Balaban J connectivity index is 2.03. The molecule has 0 fully saturated rings. The summed E-state index contributed by atoms with van der Waals surface area (Å²) in [5.41, 5.74) is 9.38. The van der Waals surface area contributed by atoms with E-state index in [0.717, 1.165) is 19.4 Å². The zero-order valence-electron chi connectivity index (χ0n) is 10.3.